The molecule has 1 aliphatic rings. The van der Waals surface area contributed by atoms with Crippen LogP contribution in [0.25, 0.3) is 0 Å². The molecule has 1 aliphatic carbocycles. The van der Waals surface area contributed by atoms with Gasteiger partial charge in [-0.15, -0.1) is 0 Å². The van der Waals surface area contributed by atoms with Gasteiger partial charge in [0.05, 0.1) is 3.57 Å². The van der Waals surface area contributed by atoms with Crippen LogP contribution < -0.4 is 11.2 Å². The summed E-state index contributed by atoms with van der Waals surface area (Å²) in [5.74, 6) is 0.620. The molecule has 1 aromatic heterocycles. The number of aromatic amines is 1. The molecule has 1 saturated carbocycles. The van der Waals surface area contributed by atoms with Crippen molar-refractivity contribution in [3.8, 4) is 0 Å². The molecule has 0 saturated heterocycles. The van der Waals surface area contributed by atoms with Gasteiger partial charge in [-0.2, -0.15) is 0 Å². The van der Waals surface area contributed by atoms with Crippen molar-refractivity contribution in [1.82, 2.24) is 9.55 Å². The molecule has 76 valence electrons. The molecule has 5 heteroatoms. The number of rotatable bonds is 2. The Morgan fingerprint density at radius 2 is 2.21 bits per heavy atom. The van der Waals surface area contributed by atoms with Crippen molar-refractivity contribution < 1.29 is 0 Å². The Morgan fingerprint density at radius 3 is 2.79 bits per heavy atom. The highest BCUT2D eigenvalue weighted by Crippen LogP contribution is 2.27. The molecule has 0 unspecified atom stereocenters. The Bertz CT molecular complexity index is 445. The van der Waals surface area contributed by atoms with Crippen LogP contribution in [-0.4, -0.2) is 9.55 Å². The van der Waals surface area contributed by atoms with Gasteiger partial charge in [-0.1, -0.05) is 6.42 Å². The quantitative estimate of drug-likeness (QED) is 0.827. The fourth-order valence-corrected chi connectivity index (χ4v) is 2.04. The molecule has 0 aromatic carbocycles. The number of nitrogens with one attached hydrogen (secondary N) is 1. The highest BCUT2D eigenvalue weighted by atomic mass is 127. The fourth-order valence-electron chi connectivity index (χ4n) is 1.57. The van der Waals surface area contributed by atoms with E-state index >= 15 is 0 Å². The normalized spacial score (nSPS) is 16.6. The zero-order chi connectivity index (χ0) is 10.1. The summed E-state index contributed by atoms with van der Waals surface area (Å²) in [5.41, 5.74) is -0.581. The van der Waals surface area contributed by atoms with Crippen molar-refractivity contribution in [2.75, 3.05) is 0 Å². The van der Waals surface area contributed by atoms with Gasteiger partial charge < -0.3 is 0 Å². The van der Waals surface area contributed by atoms with Crippen molar-refractivity contribution in [2.24, 2.45) is 5.92 Å². The van der Waals surface area contributed by atoms with Gasteiger partial charge in [0.2, 0.25) is 0 Å². The Morgan fingerprint density at radius 1 is 1.50 bits per heavy atom. The maximum absolute atomic E-state index is 11.4. The monoisotopic (exact) mass is 306 g/mol. The Balaban J connectivity index is 2.28. The van der Waals surface area contributed by atoms with E-state index in [1.54, 1.807) is 10.8 Å². The van der Waals surface area contributed by atoms with Crippen LogP contribution in [0.2, 0.25) is 0 Å². The van der Waals surface area contributed by atoms with Gasteiger partial charge >= 0.3 is 5.69 Å². The van der Waals surface area contributed by atoms with E-state index in [4.69, 9.17) is 0 Å². The van der Waals surface area contributed by atoms with Gasteiger partial charge in [0.15, 0.2) is 0 Å². The summed E-state index contributed by atoms with van der Waals surface area (Å²) in [7, 11) is 0. The first-order valence-electron chi connectivity index (χ1n) is 4.66. The average molecular weight is 306 g/mol. The van der Waals surface area contributed by atoms with E-state index in [2.05, 4.69) is 4.98 Å². The maximum atomic E-state index is 11.4. The molecular weight excluding hydrogens is 295 g/mol. The van der Waals surface area contributed by atoms with Crippen LogP contribution in [-0.2, 0) is 6.54 Å². The molecule has 1 N–H and O–H groups in total. The second-order valence-electron chi connectivity index (χ2n) is 3.69. The SMILES string of the molecule is O=c1[nH]c(=O)n(CC2CCC2)cc1I. The van der Waals surface area contributed by atoms with Gasteiger partial charge in [-0.25, -0.2) is 4.79 Å². The van der Waals surface area contributed by atoms with Gasteiger partial charge in [0.1, 0.15) is 0 Å². The van der Waals surface area contributed by atoms with E-state index in [1.165, 1.54) is 19.3 Å². The predicted molar refractivity (Wildman–Crippen MR) is 61.4 cm³/mol. The molecular formula is C9H11IN2O2. The van der Waals surface area contributed by atoms with E-state index in [-0.39, 0.29) is 11.2 Å². The molecule has 14 heavy (non-hydrogen) atoms. The minimum atomic E-state index is -0.291. The van der Waals surface area contributed by atoms with E-state index < -0.39 is 0 Å². The number of aromatic nitrogens is 2. The number of hydrogen-bond acceptors (Lipinski definition) is 2. The first-order chi connectivity index (χ1) is 6.66. The molecule has 4 nitrogen and oxygen atoms in total. The predicted octanol–water partition coefficient (Wildman–Crippen LogP) is 0.941. The lowest BCUT2D eigenvalue weighted by Gasteiger charge is -2.25. The molecule has 1 heterocycles. The molecule has 1 aromatic rings. The van der Waals surface area contributed by atoms with Crippen LogP contribution in [0, 0.1) is 9.49 Å². The van der Waals surface area contributed by atoms with E-state index in [0.717, 1.165) is 6.54 Å². The molecule has 0 spiro atoms. The van der Waals surface area contributed by atoms with Gasteiger partial charge in [-0.3, -0.25) is 14.3 Å². The third-order valence-corrected chi connectivity index (χ3v) is 3.42. The number of nitrogens with zero attached hydrogens (tertiary/aromatic N) is 1. The van der Waals surface area contributed by atoms with Crippen molar-refractivity contribution in [2.45, 2.75) is 25.8 Å². The fraction of sp³-hybridized carbons (Fsp3) is 0.556. The summed E-state index contributed by atoms with van der Waals surface area (Å²) in [6, 6.07) is 0. The highest BCUT2D eigenvalue weighted by molar-refractivity contribution is 14.1. The van der Waals surface area contributed by atoms with Crippen LogP contribution in [0.1, 0.15) is 19.3 Å². The molecule has 2 rings (SSSR count). The van der Waals surface area contributed by atoms with Crippen molar-refractivity contribution in [1.29, 1.82) is 0 Å². The maximum Gasteiger partial charge on any atom is 0.328 e. The lowest BCUT2D eigenvalue weighted by atomic mass is 9.85. The zero-order valence-electron chi connectivity index (χ0n) is 7.62. The second-order valence-corrected chi connectivity index (χ2v) is 4.85. The topological polar surface area (TPSA) is 54.9 Å². The summed E-state index contributed by atoms with van der Waals surface area (Å²) in [6.07, 6.45) is 5.30. The first kappa shape index (κ1) is 9.95. The Kier molecular flexibility index (Phi) is 2.76. The summed E-state index contributed by atoms with van der Waals surface area (Å²) >= 11 is 1.94. The van der Waals surface area contributed by atoms with Crippen molar-refractivity contribution >= 4 is 22.6 Å². The van der Waals surface area contributed by atoms with Gasteiger partial charge in [0, 0.05) is 12.7 Å². The minimum Gasteiger partial charge on any atom is -0.299 e. The summed E-state index contributed by atoms with van der Waals surface area (Å²) in [6.45, 7) is 0.742. The largest absolute Gasteiger partial charge is 0.328 e. The van der Waals surface area contributed by atoms with E-state index in [9.17, 15) is 9.59 Å². The molecule has 0 aliphatic heterocycles. The summed E-state index contributed by atoms with van der Waals surface area (Å²) in [4.78, 5) is 24.8. The van der Waals surface area contributed by atoms with Crippen LogP contribution >= 0.6 is 22.6 Å². The Hall–Kier alpha value is -0.590. The van der Waals surface area contributed by atoms with Crippen LogP contribution in [0.3, 0.4) is 0 Å². The van der Waals surface area contributed by atoms with Crippen molar-refractivity contribution in [3.63, 3.8) is 0 Å². The zero-order valence-corrected chi connectivity index (χ0v) is 9.78. The van der Waals surface area contributed by atoms with Crippen LogP contribution in [0.15, 0.2) is 15.8 Å². The third-order valence-electron chi connectivity index (χ3n) is 2.65. The lowest BCUT2D eigenvalue weighted by molar-refractivity contribution is 0.272. The second kappa shape index (κ2) is 3.88. The summed E-state index contributed by atoms with van der Waals surface area (Å²) < 4.78 is 2.18. The molecule has 0 radical (unpaired) electrons. The van der Waals surface area contributed by atoms with E-state index in [1.807, 2.05) is 22.6 Å². The standard InChI is InChI=1S/C9H11IN2O2/c10-7-5-12(4-6-2-1-3-6)9(14)11-8(7)13/h5-6H,1-4H2,(H,11,13,14). The first-order valence-corrected chi connectivity index (χ1v) is 5.74. The summed E-state index contributed by atoms with van der Waals surface area (Å²) in [5, 5.41) is 0. The number of halogens is 1. The molecule has 0 atom stereocenters. The highest BCUT2D eigenvalue weighted by Gasteiger charge is 2.18. The third kappa shape index (κ3) is 1.92. The number of hydrogen-bond donors (Lipinski definition) is 1. The molecule has 0 bridgehead atoms. The van der Waals surface area contributed by atoms with E-state index in [0.29, 0.717) is 9.49 Å². The van der Waals surface area contributed by atoms with Crippen LogP contribution in [0.4, 0.5) is 0 Å². The van der Waals surface area contributed by atoms with Crippen LogP contribution in [0.5, 0.6) is 0 Å². The van der Waals surface area contributed by atoms with Gasteiger partial charge in [0.25, 0.3) is 5.56 Å². The lowest BCUT2D eigenvalue weighted by Crippen LogP contribution is -2.33. The van der Waals surface area contributed by atoms with Crippen molar-refractivity contribution in [3.05, 3.63) is 30.6 Å². The van der Waals surface area contributed by atoms with Gasteiger partial charge in [-0.05, 0) is 41.4 Å². The smallest absolute Gasteiger partial charge is 0.299 e. The minimum absolute atomic E-state index is 0.290. The number of H-pyrrole nitrogens is 1. The average Bonchev–Trinajstić information content (AvgIpc) is 2.06. The Labute approximate surface area is 94.5 Å². The molecule has 0 amide bonds. The molecule has 1 fully saturated rings.